The Bertz CT molecular complexity index is 510. The molecule has 0 aliphatic heterocycles. The van der Waals surface area contributed by atoms with Gasteiger partial charge in [0.25, 0.3) is 0 Å². The minimum atomic E-state index is -0.523. The number of nitrogens with zero attached hydrogens (tertiary/aromatic N) is 4. The molecule has 1 aromatic heterocycles. The fraction of sp³-hybridized carbons (Fsp3) is 0.222. The lowest BCUT2D eigenvalue weighted by Gasteiger charge is -2.07. The highest BCUT2D eigenvalue weighted by Crippen LogP contribution is 2.19. The van der Waals surface area contributed by atoms with Crippen LogP contribution in [0.4, 0.5) is 4.39 Å². The quantitative estimate of drug-likeness (QED) is 0.865. The molecule has 1 unspecified atom stereocenters. The standard InChI is InChI=1S/C9H9ClFN5/c1-5(12)9-13-14-15-16(9)6-2-3-7(10)8(11)4-6/h2-5H,12H2,1H3. The first-order chi connectivity index (χ1) is 7.59. The van der Waals surface area contributed by atoms with Crippen molar-refractivity contribution in [3.63, 3.8) is 0 Å². The molecule has 2 aromatic rings. The first-order valence-electron chi connectivity index (χ1n) is 4.59. The van der Waals surface area contributed by atoms with Crippen LogP contribution in [0.15, 0.2) is 18.2 Å². The Morgan fingerprint density at radius 2 is 2.25 bits per heavy atom. The number of benzene rings is 1. The van der Waals surface area contributed by atoms with E-state index in [1.54, 1.807) is 13.0 Å². The molecule has 1 atom stereocenters. The summed E-state index contributed by atoms with van der Waals surface area (Å²) < 4.78 is 14.6. The second kappa shape index (κ2) is 4.15. The van der Waals surface area contributed by atoms with Crippen LogP contribution in [0.25, 0.3) is 5.69 Å². The van der Waals surface area contributed by atoms with E-state index in [9.17, 15) is 4.39 Å². The lowest BCUT2D eigenvalue weighted by Crippen LogP contribution is -2.13. The summed E-state index contributed by atoms with van der Waals surface area (Å²) in [4.78, 5) is 0. The summed E-state index contributed by atoms with van der Waals surface area (Å²) in [6.07, 6.45) is 0. The van der Waals surface area contributed by atoms with Gasteiger partial charge < -0.3 is 5.73 Å². The largest absolute Gasteiger partial charge is 0.321 e. The molecular weight excluding hydrogens is 233 g/mol. The van der Waals surface area contributed by atoms with Crippen molar-refractivity contribution in [1.82, 2.24) is 20.2 Å². The van der Waals surface area contributed by atoms with E-state index >= 15 is 0 Å². The number of rotatable bonds is 2. The zero-order valence-corrected chi connectivity index (χ0v) is 9.19. The van der Waals surface area contributed by atoms with Crippen LogP contribution < -0.4 is 5.73 Å². The molecule has 2 N–H and O–H groups in total. The fourth-order valence-electron chi connectivity index (χ4n) is 1.28. The molecule has 16 heavy (non-hydrogen) atoms. The molecule has 5 nitrogen and oxygen atoms in total. The first kappa shape index (κ1) is 11.0. The van der Waals surface area contributed by atoms with E-state index in [1.165, 1.54) is 16.8 Å². The van der Waals surface area contributed by atoms with Crippen molar-refractivity contribution < 1.29 is 4.39 Å². The number of halogens is 2. The molecule has 7 heteroatoms. The van der Waals surface area contributed by atoms with Crippen LogP contribution in [0, 0.1) is 5.82 Å². The molecule has 0 bridgehead atoms. The predicted molar refractivity (Wildman–Crippen MR) is 56.7 cm³/mol. The van der Waals surface area contributed by atoms with E-state index in [1.807, 2.05) is 0 Å². The first-order valence-corrected chi connectivity index (χ1v) is 4.96. The molecule has 84 valence electrons. The third-order valence-corrected chi connectivity index (χ3v) is 2.36. The summed E-state index contributed by atoms with van der Waals surface area (Å²) >= 11 is 5.58. The summed E-state index contributed by atoms with van der Waals surface area (Å²) in [7, 11) is 0. The van der Waals surface area contributed by atoms with Gasteiger partial charge in [-0.25, -0.2) is 4.39 Å². The average Bonchev–Trinajstić information content (AvgIpc) is 2.71. The van der Waals surface area contributed by atoms with Gasteiger partial charge in [0.1, 0.15) is 5.82 Å². The van der Waals surface area contributed by atoms with Crippen molar-refractivity contribution in [2.45, 2.75) is 13.0 Å². The topological polar surface area (TPSA) is 69.6 Å². The molecule has 0 aliphatic rings. The maximum atomic E-state index is 13.3. The third kappa shape index (κ3) is 1.89. The second-order valence-corrected chi connectivity index (χ2v) is 3.74. The van der Waals surface area contributed by atoms with Crippen LogP contribution >= 0.6 is 11.6 Å². The van der Waals surface area contributed by atoms with Crippen molar-refractivity contribution in [1.29, 1.82) is 0 Å². The highest BCUT2D eigenvalue weighted by Gasteiger charge is 2.13. The number of nitrogens with two attached hydrogens (primary N) is 1. The molecular formula is C9H9ClFN5. The molecule has 1 heterocycles. The Kier molecular flexibility index (Phi) is 2.84. The van der Waals surface area contributed by atoms with Gasteiger partial charge in [0.2, 0.25) is 0 Å². The average molecular weight is 242 g/mol. The Morgan fingerprint density at radius 3 is 2.88 bits per heavy atom. The van der Waals surface area contributed by atoms with Gasteiger partial charge in [0.15, 0.2) is 5.82 Å². The zero-order valence-electron chi connectivity index (χ0n) is 8.43. The fourth-order valence-corrected chi connectivity index (χ4v) is 1.40. The van der Waals surface area contributed by atoms with Gasteiger partial charge in [0.05, 0.1) is 16.8 Å². The second-order valence-electron chi connectivity index (χ2n) is 3.34. The van der Waals surface area contributed by atoms with Gasteiger partial charge in [-0.1, -0.05) is 11.6 Å². The van der Waals surface area contributed by atoms with E-state index in [-0.39, 0.29) is 11.1 Å². The van der Waals surface area contributed by atoms with E-state index < -0.39 is 5.82 Å². The van der Waals surface area contributed by atoms with Crippen molar-refractivity contribution in [2.24, 2.45) is 5.73 Å². The van der Waals surface area contributed by atoms with Crippen molar-refractivity contribution in [2.75, 3.05) is 0 Å². The molecule has 0 saturated carbocycles. The predicted octanol–water partition coefficient (Wildman–Crippen LogP) is 1.47. The minimum Gasteiger partial charge on any atom is -0.321 e. The smallest absolute Gasteiger partial charge is 0.173 e. The van der Waals surface area contributed by atoms with Crippen LogP contribution in [0.2, 0.25) is 5.02 Å². The van der Waals surface area contributed by atoms with Gasteiger partial charge in [0, 0.05) is 6.07 Å². The molecule has 0 aliphatic carbocycles. The number of hydrogen-bond acceptors (Lipinski definition) is 4. The summed E-state index contributed by atoms with van der Waals surface area (Å²) in [6.45, 7) is 1.74. The Balaban J connectivity index is 2.50. The van der Waals surface area contributed by atoms with Crippen LogP contribution in [0.5, 0.6) is 0 Å². The summed E-state index contributed by atoms with van der Waals surface area (Å²) in [5, 5.41) is 11.1. The summed E-state index contributed by atoms with van der Waals surface area (Å²) in [5.41, 5.74) is 6.17. The molecule has 0 fully saturated rings. The van der Waals surface area contributed by atoms with Crippen molar-refractivity contribution >= 4 is 11.6 Å². The van der Waals surface area contributed by atoms with Crippen molar-refractivity contribution in [3.8, 4) is 5.69 Å². The highest BCUT2D eigenvalue weighted by atomic mass is 35.5. The van der Waals surface area contributed by atoms with Crippen LogP contribution in [0.3, 0.4) is 0 Å². The van der Waals surface area contributed by atoms with Gasteiger partial charge in [-0.15, -0.1) is 5.10 Å². The lowest BCUT2D eigenvalue weighted by atomic mass is 10.3. The lowest BCUT2D eigenvalue weighted by molar-refractivity contribution is 0.622. The maximum absolute atomic E-state index is 13.3. The Morgan fingerprint density at radius 1 is 1.50 bits per heavy atom. The van der Waals surface area contributed by atoms with Crippen molar-refractivity contribution in [3.05, 3.63) is 34.9 Å². The van der Waals surface area contributed by atoms with Gasteiger partial charge >= 0.3 is 0 Å². The molecule has 0 amide bonds. The molecule has 1 aromatic carbocycles. The molecule has 2 rings (SSSR count). The van der Waals surface area contributed by atoms with E-state index in [2.05, 4.69) is 15.5 Å². The SMILES string of the molecule is CC(N)c1nnnn1-c1ccc(Cl)c(F)c1. The summed E-state index contributed by atoms with van der Waals surface area (Å²) in [6, 6.07) is 3.98. The minimum absolute atomic E-state index is 0.0548. The van der Waals surface area contributed by atoms with Gasteiger partial charge in [-0.3, -0.25) is 0 Å². The number of tetrazole rings is 1. The van der Waals surface area contributed by atoms with E-state index in [0.29, 0.717) is 11.5 Å². The molecule has 0 saturated heterocycles. The van der Waals surface area contributed by atoms with Gasteiger partial charge in [-0.05, 0) is 29.5 Å². The van der Waals surface area contributed by atoms with Crippen LogP contribution in [-0.2, 0) is 0 Å². The number of hydrogen-bond donors (Lipinski definition) is 1. The summed E-state index contributed by atoms with van der Waals surface area (Å²) in [5.74, 6) is -0.0630. The van der Waals surface area contributed by atoms with Crippen LogP contribution in [0.1, 0.15) is 18.8 Å². The maximum Gasteiger partial charge on any atom is 0.173 e. The molecule has 0 spiro atoms. The van der Waals surface area contributed by atoms with Gasteiger partial charge in [-0.2, -0.15) is 4.68 Å². The zero-order chi connectivity index (χ0) is 11.7. The Labute approximate surface area is 96.0 Å². The van der Waals surface area contributed by atoms with E-state index in [4.69, 9.17) is 17.3 Å². The van der Waals surface area contributed by atoms with E-state index in [0.717, 1.165) is 0 Å². The third-order valence-electron chi connectivity index (χ3n) is 2.05. The monoisotopic (exact) mass is 241 g/mol. The normalized spacial score (nSPS) is 12.8. The Hall–Kier alpha value is -1.53. The highest BCUT2D eigenvalue weighted by molar-refractivity contribution is 6.30. The molecule has 0 radical (unpaired) electrons. The number of aromatic nitrogens is 4. The van der Waals surface area contributed by atoms with Crippen LogP contribution in [-0.4, -0.2) is 20.2 Å².